The van der Waals surface area contributed by atoms with E-state index < -0.39 is 10.0 Å². The zero-order chi connectivity index (χ0) is 13.4. The van der Waals surface area contributed by atoms with E-state index in [4.69, 9.17) is 4.74 Å². The second-order valence-corrected chi connectivity index (χ2v) is 5.72. The Kier molecular flexibility index (Phi) is 8.95. The van der Waals surface area contributed by atoms with Gasteiger partial charge >= 0.3 is 0 Å². The minimum Gasteiger partial charge on any atom is -0.383 e. The second-order valence-electron chi connectivity index (χ2n) is 3.96. The zero-order valence-corrected chi connectivity index (χ0v) is 12.8. The molecule has 0 bridgehead atoms. The molecule has 0 radical (unpaired) electrons. The van der Waals surface area contributed by atoms with Gasteiger partial charge in [0, 0.05) is 26.7 Å². The van der Waals surface area contributed by atoms with Gasteiger partial charge in [0.25, 0.3) is 0 Å². The number of halogens is 1. The third-order valence-electron chi connectivity index (χ3n) is 2.38. The largest absolute Gasteiger partial charge is 0.383 e. The maximum atomic E-state index is 11.9. The van der Waals surface area contributed by atoms with E-state index in [9.17, 15) is 8.42 Å². The van der Waals surface area contributed by atoms with Gasteiger partial charge in [0.15, 0.2) is 0 Å². The average molecular weight is 309 g/mol. The van der Waals surface area contributed by atoms with Crippen LogP contribution in [0.3, 0.4) is 0 Å². The number of methoxy groups -OCH3 is 1. The fourth-order valence-electron chi connectivity index (χ4n) is 1.44. The van der Waals surface area contributed by atoms with Gasteiger partial charge in [0.1, 0.15) is 0 Å². The topological polar surface area (TPSA) is 67.4 Å². The molecule has 2 N–H and O–H groups in total. The van der Waals surface area contributed by atoms with Gasteiger partial charge in [0.05, 0.1) is 11.5 Å². The quantitative estimate of drug-likeness (QED) is 0.701. The Labute approximate surface area is 121 Å². The standard InChI is InChI=1S/C12H20N2O3S.ClH/c1-11-4-3-5-12(10-11)18(15,16)14-7-6-13-8-9-17-2;/h3-5,10,13-14H,6-9H2,1-2H3;1H. The lowest BCUT2D eigenvalue weighted by Crippen LogP contribution is -2.33. The normalized spacial score (nSPS) is 11.1. The molecule has 110 valence electrons. The number of aryl methyl sites for hydroxylation is 1. The van der Waals surface area contributed by atoms with E-state index in [-0.39, 0.29) is 12.4 Å². The maximum Gasteiger partial charge on any atom is 0.240 e. The average Bonchev–Trinajstić information content (AvgIpc) is 2.33. The summed E-state index contributed by atoms with van der Waals surface area (Å²) >= 11 is 0. The van der Waals surface area contributed by atoms with Crippen LogP contribution in [-0.2, 0) is 14.8 Å². The van der Waals surface area contributed by atoms with E-state index >= 15 is 0 Å². The Morgan fingerprint density at radius 2 is 1.95 bits per heavy atom. The van der Waals surface area contributed by atoms with E-state index in [0.717, 1.165) is 5.56 Å². The lowest BCUT2D eigenvalue weighted by molar-refractivity contribution is 0.199. The molecular weight excluding hydrogens is 288 g/mol. The third-order valence-corrected chi connectivity index (χ3v) is 3.84. The fourth-order valence-corrected chi connectivity index (χ4v) is 2.58. The van der Waals surface area contributed by atoms with Crippen LogP contribution in [0.15, 0.2) is 29.2 Å². The number of hydrogen-bond donors (Lipinski definition) is 2. The van der Waals surface area contributed by atoms with Crippen molar-refractivity contribution in [3.05, 3.63) is 29.8 Å². The van der Waals surface area contributed by atoms with Crippen molar-refractivity contribution >= 4 is 22.4 Å². The van der Waals surface area contributed by atoms with Crippen molar-refractivity contribution in [1.29, 1.82) is 0 Å². The van der Waals surface area contributed by atoms with Crippen LogP contribution in [0.25, 0.3) is 0 Å². The van der Waals surface area contributed by atoms with Crippen molar-refractivity contribution < 1.29 is 13.2 Å². The monoisotopic (exact) mass is 308 g/mol. The van der Waals surface area contributed by atoms with Gasteiger partial charge in [-0.1, -0.05) is 12.1 Å². The summed E-state index contributed by atoms with van der Waals surface area (Å²) in [5, 5.41) is 3.07. The first-order valence-corrected chi connectivity index (χ1v) is 7.30. The molecule has 0 unspecified atom stereocenters. The summed E-state index contributed by atoms with van der Waals surface area (Å²) in [6.45, 7) is 4.13. The van der Waals surface area contributed by atoms with Crippen molar-refractivity contribution in [2.24, 2.45) is 0 Å². The van der Waals surface area contributed by atoms with Gasteiger partial charge in [-0.05, 0) is 24.6 Å². The predicted molar refractivity (Wildman–Crippen MR) is 78.4 cm³/mol. The van der Waals surface area contributed by atoms with Gasteiger partial charge in [-0.2, -0.15) is 0 Å². The van der Waals surface area contributed by atoms with Crippen molar-refractivity contribution in [3.63, 3.8) is 0 Å². The second kappa shape index (κ2) is 9.28. The van der Waals surface area contributed by atoms with Crippen LogP contribution >= 0.6 is 12.4 Å². The molecule has 19 heavy (non-hydrogen) atoms. The molecule has 0 atom stereocenters. The summed E-state index contributed by atoms with van der Waals surface area (Å²) in [7, 11) is -1.77. The first-order chi connectivity index (χ1) is 8.56. The highest BCUT2D eigenvalue weighted by Gasteiger charge is 2.12. The molecule has 0 aliphatic rings. The molecule has 0 aliphatic carbocycles. The minimum atomic E-state index is -3.40. The summed E-state index contributed by atoms with van der Waals surface area (Å²) in [5.74, 6) is 0. The Balaban J connectivity index is 0.00000324. The van der Waals surface area contributed by atoms with Gasteiger partial charge in [-0.25, -0.2) is 13.1 Å². The Morgan fingerprint density at radius 1 is 1.21 bits per heavy atom. The van der Waals surface area contributed by atoms with Gasteiger partial charge < -0.3 is 10.1 Å². The Hall–Kier alpha value is -0.660. The molecule has 0 amide bonds. The molecule has 1 rings (SSSR count). The molecule has 0 fully saturated rings. The highest BCUT2D eigenvalue weighted by atomic mass is 35.5. The Morgan fingerprint density at radius 3 is 2.58 bits per heavy atom. The maximum absolute atomic E-state index is 11.9. The van der Waals surface area contributed by atoms with E-state index in [1.807, 2.05) is 13.0 Å². The van der Waals surface area contributed by atoms with Crippen LogP contribution in [0.1, 0.15) is 5.56 Å². The first-order valence-electron chi connectivity index (χ1n) is 5.82. The van der Waals surface area contributed by atoms with Crippen LogP contribution in [0.2, 0.25) is 0 Å². The summed E-state index contributed by atoms with van der Waals surface area (Å²) in [5.41, 5.74) is 0.927. The highest BCUT2D eigenvalue weighted by molar-refractivity contribution is 7.89. The smallest absolute Gasteiger partial charge is 0.240 e. The van der Waals surface area contributed by atoms with E-state index in [1.54, 1.807) is 25.3 Å². The van der Waals surface area contributed by atoms with Crippen molar-refractivity contribution in [3.8, 4) is 0 Å². The molecule has 0 heterocycles. The van der Waals surface area contributed by atoms with Crippen LogP contribution in [-0.4, -0.2) is 41.8 Å². The van der Waals surface area contributed by atoms with Crippen LogP contribution in [0.4, 0.5) is 0 Å². The Bertz CT molecular complexity index is 466. The summed E-state index contributed by atoms with van der Waals surface area (Å²) in [4.78, 5) is 0.305. The number of benzene rings is 1. The molecule has 0 saturated carbocycles. The molecule has 0 spiro atoms. The predicted octanol–water partition coefficient (Wildman–Crippen LogP) is 0.931. The molecular formula is C12H21ClN2O3S. The molecule has 0 aliphatic heterocycles. The lowest BCUT2D eigenvalue weighted by atomic mass is 10.2. The molecule has 1 aromatic carbocycles. The summed E-state index contributed by atoms with van der Waals surface area (Å²) < 4.78 is 31.2. The lowest BCUT2D eigenvalue weighted by Gasteiger charge is -2.08. The van der Waals surface area contributed by atoms with E-state index in [1.165, 1.54) is 0 Å². The van der Waals surface area contributed by atoms with Crippen LogP contribution in [0.5, 0.6) is 0 Å². The fraction of sp³-hybridized carbons (Fsp3) is 0.500. The van der Waals surface area contributed by atoms with Gasteiger partial charge in [0.2, 0.25) is 10.0 Å². The third kappa shape index (κ3) is 6.89. The molecule has 0 saturated heterocycles. The molecule has 1 aromatic rings. The number of hydrogen-bond acceptors (Lipinski definition) is 4. The van der Waals surface area contributed by atoms with Crippen LogP contribution < -0.4 is 10.0 Å². The molecule has 0 aromatic heterocycles. The van der Waals surface area contributed by atoms with Crippen molar-refractivity contribution in [2.45, 2.75) is 11.8 Å². The highest BCUT2D eigenvalue weighted by Crippen LogP contribution is 2.09. The van der Waals surface area contributed by atoms with E-state index in [0.29, 0.717) is 31.1 Å². The minimum absolute atomic E-state index is 0. The van der Waals surface area contributed by atoms with E-state index in [2.05, 4.69) is 10.0 Å². The summed E-state index contributed by atoms with van der Waals surface area (Å²) in [6.07, 6.45) is 0. The molecule has 7 heteroatoms. The van der Waals surface area contributed by atoms with Crippen molar-refractivity contribution in [1.82, 2.24) is 10.0 Å². The number of sulfonamides is 1. The van der Waals surface area contributed by atoms with Gasteiger partial charge in [-0.3, -0.25) is 0 Å². The van der Waals surface area contributed by atoms with Gasteiger partial charge in [-0.15, -0.1) is 12.4 Å². The zero-order valence-electron chi connectivity index (χ0n) is 11.2. The van der Waals surface area contributed by atoms with Crippen LogP contribution in [0, 0.1) is 6.92 Å². The summed E-state index contributed by atoms with van der Waals surface area (Å²) in [6, 6.07) is 6.85. The first kappa shape index (κ1) is 18.3. The molecule has 5 nitrogen and oxygen atoms in total. The number of ether oxygens (including phenoxy) is 1. The van der Waals surface area contributed by atoms with Crippen molar-refractivity contribution in [2.75, 3.05) is 33.4 Å². The number of nitrogens with one attached hydrogen (secondary N) is 2. The number of rotatable bonds is 8. The SMILES string of the molecule is COCCNCCNS(=O)(=O)c1cccc(C)c1.Cl.